The number of hydrogen-bond donors (Lipinski definition) is 2. The van der Waals surface area contributed by atoms with E-state index in [2.05, 4.69) is 158 Å². The molecule has 1 saturated carbocycles. The first-order valence-electron chi connectivity index (χ1n) is 21.6. The van der Waals surface area contributed by atoms with Crippen LogP contribution in [0.25, 0.3) is 0 Å². The minimum Gasteiger partial charge on any atom is -0.453 e. The molecule has 10 nitrogen and oxygen atoms in total. The van der Waals surface area contributed by atoms with Crippen molar-refractivity contribution in [2.75, 3.05) is 9.80 Å². The Morgan fingerprint density at radius 3 is 1.27 bits per heavy atom. The third-order valence-corrected chi connectivity index (χ3v) is 13.4. The number of hydrogen-bond acceptors (Lipinski definition) is 10. The van der Waals surface area contributed by atoms with Gasteiger partial charge < -0.3 is 29.1 Å². The van der Waals surface area contributed by atoms with Crippen LogP contribution in [0.15, 0.2) is 186 Å². The van der Waals surface area contributed by atoms with Crippen LogP contribution in [0, 0.1) is 0 Å². The lowest BCUT2D eigenvalue weighted by Crippen LogP contribution is -2.72. The van der Waals surface area contributed by atoms with Crippen LogP contribution in [-0.2, 0) is 0 Å². The van der Waals surface area contributed by atoms with E-state index >= 15 is 0 Å². The number of nitrogens with zero attached hydrogens (tertiary/aromatic N) is 6. The molecule has 0 amide bonds. The normalized spacial score (nSPS) is 22.4. The van der Waals surface area contributed by atoms with Crippen molar-refractivity contribution in [1.29, 1.82) is 0 Å². The third-order valence-electron chi connectivity index (χ3n) is 13.4. The molecule has 0 spiro atoms. The summed E-state index contributed by atoms with van der Waals surface area (Å²) >= 11 is 0. The number of rotatable bonds is 5. The molecule has 62 heavy (non-hydrogen) atoms. The molecule has 6 aliphatic rings. The lowest BCUT2D eigenvalue weighted by molar-refractivity contribution is -0.0133. The van der Waals surface area contributed by atoms with E-state index in [0.717, 1.165) is 99.2 Å². The van der Waals surface area contributed by atoms with Crippen molar-refractivity contribution in [3.63, 3.8) is 0 Å². The molecule has 0 bridgehead atoms. The minimum absolute atomic E-state index is 0.112. The second-order valence-corrected chi connectivity index (χ2v) is 16.7. The van der Waals surface area contributed by atoms with Gasteiger partial charge in [-0.1, -0.05) is 78.9 Å². The van der Waals surface area contributed by atoms with Gasteiger partial charge in [0.15, 0.2) is 47.0 Å². The molecular formula is C52H42N8O2. The standard InChI is InChI=1S/C52H42N8O2/c1-2-12-33(13-3-1)36-26-31-39-44(32-36)60-50(35-24-29-38(30-25-35)58-42-16-6-10-20-47(42)62-48-21-11-7-17-43(48)58)54-56-52(60)51-55-53-49(59(39)51)34-22-27-37(28-23-34)57-40-14-4-8-18-45(40)61-46-19-9-5-15-41(46)57/h1-25,27-30,36,39,44,51-52,55-56H,26,31-32H2. The van der Waals surface area contributed by atoms with E-state index in [9.17, 15) is 0 Å². The predicted octanol–water partition coefficient (Wildman–Crippen LogP) is 11.0. The van der Waals surface area contributed by atoms with Crippen molar-refractivity contribution in [3.8, 4) is 23.0 Å². The van der Waals surface area contributed by atoms with Crippen molar-refractivity contribution in [1.82, 2.24) is 20.7 Å². The van der Waals surface area contributed by atoms with Crippen LogP contribution in [-0.4, -0.2) is 45.9 Å². The van der Waals surface area contributed by atoms with Crippen molar-refractivity contribution in [2.24, 2.45) is 10.2 Å². The van der Waals surface area contributed by atoms with Gasteiger partial charge in [-0.05, 0) is 128 Å². The van der Waals surface area contributed by atoms with Crippen LogP contribution < -0.4 is 30.1 Å². The Morgan fingerprint density at radius 1 is 0.419 bits per heavy atom. The Hall–Kier alpha value is -7.72. The highest BCUT2D eigenvalue weighted by molar-refractivity contribution is 6.03. The number of fused-ring (bicyclic) bond motifs is 10. The molecule has 5 atom stereocenters. The molecule has 1 aliphatic carbocycles. The average molecular weight is 811 g/mol. The number of benzene rings is 7. The predicted molar refractivity (Wildman–Crippen MR) is 244 cm³/mol. The summed E-state index contributed by atoms with van der Waals surface area (Å²) < 4.78 is 12.6. The summed E-state index contributed by atoms with van der Waals surface area (Å²) in [7, 11) is 0. The number of ether oxygens (including phenoxy) is 2. The summed E-state index contributed by atoms with van der Waals surface area (Å²) in [5.74, 6) is 5.75. The van der Waals surface area contributed by atoms with E-state index in [4.69, 9.17) is 19.7 Å². The van der Waals surface area contributed by atoms with Gasteiger partial charge in [0.25, 0.3) is 0 Å². The highest BCUT2D eigenvalue weighted by Gasteiger charge is 2.56. The summed E-state index contributed by atoms with van der Waals surface area (Å²) in [4.78, 5) is 9.69. The van der Waals surface area contributed by atoms with Gasteiger partial charge in [0.05, 0.1) is 34.8 Å². The smallest absolute Gasteiger partial charge is 0.157 e. The highest BCUT2D eigenvalue weighted by Crippen LogP contribution is 2.52. The number of para-hydroxylation sites is 8. The summed E-state index contributed by atoms with van der Waals surface area (Å²) in [6, 6.07) is 62.0. The van der Waals surface area contributed by atoms with Crippen LogP contribution in [0.1, 0.15) is 41.9 Å². The van der Waals surface area contributed by atoms with Crippen LogP contribution in [0.3, 0.4) is 0 Å². The Balaban J connectivity index is 0.828. The maximum Gasteiger partial charge on any atom is 0.157 e. The first-order valence-corrected chi connectivity index (χ1v) is 21.6. The van der Waals surface area contributed by atoms with Crippen molar-refractivity contribution in [2.45, 2.75) is 49.6 Å². The Labute approximate surface area is 359 Å². The van der Waals surface area contributed by atoms with Crippen molar-refractivity contribution in [3.05, 3.63) is 193 Å². The molecule has 1 saturated heterocycles. The molecule has 302 valence electrons. The quantitative estimate of drug-likeness (QED) is 0.178. The van der Waals surface area contributed by atoms with Crippen LogP contribution in [0.4, 0.5) is 34.1 Å². The SMILES string of the molecule is c1ccc(C2CCC3C(C2)N2C(c4ccc(N5c6ccccc6Oc6ccccc65)cc4)=NNC2C2NN=C(c4ccc(N5c6ccccc6Oc6ccccc65)cc4)N32)cc1. The number of amidine groups is 2. The minimum atomic E-state index is -0.125. The van der Waals surface area contributed by atoms with Gasteiger partial charge in [0.2, 0.25) is 0 Å². The fraction of sp³-hybridized carbons (Fsp3) is 0.154. The summed E-state index contributed by atoms with van der Waals surface area (Å²) in [5.41, 5.74) is 16.9. The second kappa shape index (κ2) is 13.9. The molecule has 7 aromatic carbocycles. The molecule has 7 aromatic rings. The van der Waals surface area contributed by atoms with Crippen LogP contribution in [0.5, 0.6) is 23.0 Å². The topological polar surface area (TPSA) is 80.2 Å². The number of piperazine rings is 1. The van der Waals surface area contributed by atoms with Gasteiger partial charge in [-0.25, -0.2) is 0 Å². The molecule has 0 radical (unpaired) electrons. The first kappa shape index (κ1) is 35.1. The van der Waals surface area contributed by atoms with Gasteiger partial charge in [-0.3, -0.25) is 10.9 Å². The van der Waals surface area contributed by atoms with Crippen molar-refractivity contribution < 1.29 is 9.47 Å². The molecular weight excluding hydrogens is 769 g/mol. The zero-order valence-corrected chi connectivity index (χ0v) is 33.8. The average Bonchev–Trinajstić information content (AvgIpc) is 3.99. The van der Waals surface area contributed by atoms with Gasteiger partial charge in [0.1, 0.15) is 0 Å². The van der Waals surface area contributed by atoms with Crippen LogP contribution >= 0.6 is 0 Å². The third kappa shape index (κ3) is 5.42. The van der Waals surface area contributed by atoms with Crippen molar-refractivity contribution >= 4 is 45.8 Å². The molecule has 2 N–H and O–H groups in total. The van der Waals surface area contributed by atoms with Gasteiger partial charge in [-0.15, -0.1) is 0 Å². The van der Waals surface area contributed by atoms with E-state index in [1.54, 1.807) is 0 Å². The molecule has 5 unspecified atom stereocenters. The summed E-state index contributed by atoms with van der Waals surface area (Å²) in [6.45, 7) is 0. The van der Waals surface area contributed by atoms with Gasteiger partial charge in [0, 0.05) is 22.5 Å². The Morgan fingerprint density at radius 2 is 0.823 bits per heavy atom. The van der Waals surface area contributed by atoms with E-state index in [-0.39, 0.29) is 24.4 Å². The zero-order valence-electron chi connectivity index (χ0n) is 33.8. The van der Waals surface area contributed by atoms with E-state index in [0.29, 0.717) is 5.92 Å². The van der Waals surface area contributed by atoms with E-state index in [1.165, 1.54) is 5.56 Å². The van der Waals surface area contributed by atoms with E-state index in [1.807, 2.05) is 48.5 Å². The lowest BCUT2D eigenvalue weighted by Gasteiger charge is -2.55. The van der Waals surface area contributed by atoms with Gasteiger partial charge in [-0.2, -0.15) is 10.2 Å². The number of nitrogens with one attached hydrogen (secondary N) is 2. The fourth-order valence-electron chi connectivity index (χ4n) is 10.6. The number of hydrazone groups is 2. The molecule has 5 aliphatic heterocycles. The molecule has 13 rings (SSSR count). The monoisotopic (exact) mass is 810 g/mol. The summed E-state index contributed by atoms with van der Waals surface area (Å²) in [6.07, 6.45) is 2.91. The molecule has 5 heterocycles. The summed E-state index contributed by atoms with van der Waals surface area (Å²) in [5, 5.41) is 10.3. The van der Waals surface area contributed by atoms with E-state index < -0.39 is 0 Å². The molecule has 0 aromatic heterocycles. The lowest BCUT2D eigenvalue weighted by atomic mass is 9.75. The fourth-order valence-corrected chi connectivity index (χ4v) is 10.6. The Bertz CT molecular complexity index is 2830. The first-order chi connectivity index (χ1) is 30.7. The van der Waals surface area contributed by atoms with Gasteiger partial charge >= 0.3 is 0 Å². The maximum atomic E-state index is 6.31. The largest absolute Gasteiger partial charge is 0.453 e. The second-order valence-electron chi connectivity index (χ2n) is 16.7. The number of anilines is 6. The van der Waals surface area contributed by atoms with Crippen LogP contribution in [0.2, 0.25) is 0 Å². The molecule has 10 heteroatoms. The highest BCUT2D eigenvalue weighted by atomic mass is 16.5. The molecule has 2 fully saturated rings. The maximum absolute atomic E-state index is 6.31. The Kier molecular flexibility index (Phi) is 7.88. The zero-order chi connectivity index (χ0) is 40.7.